The first kappa shape index (κ1) is 15.3. The van der Waals surface area contributed by atoms with E-state index in [0.29, 0.717) is 17.5 Å². The van der Waals surface area contributed by atoms with E-state index < -0.39 is 0 Å². The van der Waals surface area contributed by atoms with Crippen LogP contribution in [0.1, 0.15) is 24.5 Å². The van der Waals surface area contributed by atoms with Crippen LogP contribution in [-0.4, -0.2) is 11.5 Å². The number of nitrogens with zero attached hydrogens (tertiary/aromatic N) is 1. The first-order valence-electron chi connectivity index (χ1n) is 6.66. The number of hydrogen-bond donors (Lipinski definition) is 1. The van der Waals surface area contributed by atoms with Gasteiger partial charge in [0, 0.05) is 16.9 Å². The molecule has 1 aromatic carbocycles. The lowest BCUT2D eigenvalue weighted by atomic mass is 10.2. The first-order chi connectivity index (χ1) is 9.63. The summed E-state index contributed by atoms with van der Waals surface area (Å²) in [5.74, 6) is 1.42. The zero-order valence-electron chi connectivity index (χ0n) is 11.7. The Hall–Kier alpha value is -1.10. The summed E-state index contributed by atoms with van der Waals surface area (Å²) in [5.41, 5.74) is 0.955. The molecule has 0 spiro atoms. The molecule has 0 aliphatic rings. The summed E-state index contributed by atoms with van der Waals surface area (Å²) in [6.45, 7) is 6.69. The molecular formula is C15H19ClN2OS. The van der Waals surface area contributed by atoms with E-state index in [9.17, 15) is 0 Å². The molecule has 2 rings (SSSR count). The van der Waals surface area contributed by atoms with Gasteiger partial charge in [0.15, 0.2) is 0 Å². The van der Waals surface area contributed by atoms with E-state index in [0.717, 1.165) is 29.5 Å². The number of aromatic nitrogens is 1. The van der Waals surface area contributed by atoms with Crippen molar-refractivity contribution in [2.24, 2.45) is 5.92 Å². The fourth-order valence-corrected chi connectivity index (χ4v) is 2.61. The largest absolute Gasteiger partial charge is 0.487 e. The molecule has 0 aliphatic heterocycles. The second kappa shape index (κ2) is 7.62. The van der Waals surface area contributed by atoms with Crippen LogP contribution in [0.5, 0.6) is 5.75 Å². The van der Waals surface area contributed by atoms with E-state index in [-0.39, 0.29) is 0 Å². The quantitative estimate of drug-likeness (QED) is 0.835. The van der Waals surface area contributed by atoms with E-state index in [2.05, 4.69) is 24.1 Å². The molecular weight excluding hydrogens is 292 g/mol. The second-order valence-electron chi connectivity index (χ2n) is 5.00. The molecule has 0 unspecified atom stereocenters. The fourth-order valence-electron chi connectivity index (χ4n) is 1.68. The Morgan fingerprint density at radius 3 is 3.00 bits per heavy atom. The van der Waals surface area contributed by atoms with Crippen molar-refractivity contribution in [3.05, 3.63) is 45.4 Å². The van der Waals surface area contributed by atoms with Gasteiger partial charge in [-0.1, -0.05) is 31.5 Å². The molecule has 0 amide bonds. The van der Waals surface area contributed by atoms with Crippen LogP contribution in [0.15, 0.2) is 29.6 Å². The van der Waals surface area contributed by atoms with Crippen molar-refractivity contribution in [3.63, 3.8) is 0 Å². The molecule has 0 atom stereocenters. The molecule has 1 N–H and O–H groups in total. The lowest BCUT2D eigenvalue weighted by molar-refractivity contribution is 0.302. The van der Waals surface area contributed by atoms with Crippen molar-refractivity contribution in [1.82, 2.24) is 10.3 Å². The van der Waals surface area contributed by atoms with Crippen molar-refractivity contribution < 1.29 is 4.74 Å². The SMILES string of the molecule is CC(C)CNCc1nc(COc2cccc(Cl)c2)cs1. The topological polar surface area (TPSA) is 34.2 Å². The van der Waals surface area contributed by atoms with Crippen LogP contribution in [0.25, 0.3) is 0 Å². The van der Waals surface area contributed by atoms with Crippen molar-refractivity contribution in [3.8, 4) is 5.75 Å². The summed E-state index contributed by atoms with van der Waals surface area (Å²) < 4.78 is 5.67. The maximum absolute atomic E-state index is 5.91. The Kier molecular flexibility index (Phi) is 5.83. The van der Waals surface area contributed by atoms with Gasteiger partial charge in [0.1, 0.15) is 17.4 Å². The predicted molar refractivity (Wildman–Crippen MR) is 84.4 cm³/mol. The number of hydrogen-bond acceptors (Lipinski definition) is 4. The highest BCUT2D eigenvalue weighted by Crippen LogP contribution is 2.19. The average Bonchev–Trinajstić information content (AvgIpc) is 2.84. The average molecular weight is 311 g/mol. The van der Waals surface area contributed by atoms with Gasteiger partial charge < -0.3 is 10.1 Å². The van der Waals surface area contributed by atoms with Gasteiger partial charge in [0.2, 0.25) is 0 Å². The van der Waals surface area contributed by atoms with Gasteiger partial charge >= 0.3 is 0 Å². The Balaban J connectivity index is 1.80. The van der Waals surface area contributed by atoms with Crippen LogP contribution in [0.4, 0.5) is 0 Å². The maximum Gasteiger partial charge on any atom is 0.131 e. The van der Waals surface area contributed by atoms with E-state index in [1.54, 1.807) is 17.4 Å². The number of ether oxygens (including phenoxy) is 1. The Morgan fingerprint density at radius 2 is 2.25 bits per heavy atom. The number of halogens is 1. The summed E-state index contributed by atoms with van der Waals surface area (Å²) in [5, 5.41) is 7.20. The Labute approximate surface area is 129 Å². The molecule has 5 heteroatoms. The highest BCUT2D eigenvalue weighted by atomic mass is 35.5. The summed E-state index contributed by atoms with van der Waals surface area (Å²) in [6.07, 6.45) is 0. The Morgan fingerprint density at radius 1 is 1.40 bits per heavy atom. The number of benzene rings is 1. The van der Waals surface area contributed by atoms with Gasteiger partial charge in [0.25, 0.3) is 0 Å². The van der Waals surface area contributed by atoms with E-state index in [1.807, 2.05) is 23.6 Å². The molecule has 20 heavy (non-hydrogen) atoms. The van der Waals surface area contributed by atoms with E-state index >= 15 is 0 Å². The van der Waals surface area contributed by atoms with Crippen LogP contribution in [0.3, 0.4) is 0 Å². The van der Waals surface area contributed by atoms with Crippen LogP contribution in [0.2, 0.25) is 5.02 Å². The smallest absolute Gasteiger partial charge is 0.131 e. The molecule has 1 heterocycles. The van der Waals surface area contributed by atoms with E-state index in [1.165, 1.54) is 0 Å². The highest BCUT2D eigenvalue weighted by molar-refractivity contribution is 7.09. The zero-order chi connectivity index (χ0) is 14.4. The minimum absolute atomic E-state index is 0.473. The van der Waals surface area contributed by atoms with Gasteiger partial charge in [-0.25, -0.2) is 4.98 Å². The molecule has 108 valence electrons. The lowest BCUT2D eigenvalue weighted by Gasteiger charge is -2.05. The van der Waals surface area contributed by atoms with Crippen molar-refractivity contribution >= 4 is 22.9 Å². The first-order valence-corrected chi connectivity index (χ1v) is 7.91. The Bertz CT molecular complexity index is 542. The maximum atomic E-state index is 5.91. The standard InChI is InChI=1S/C15H19ClN2OS/c1-11(2)7-17-8-15-18-13(10-20-15)9-19-14-5-3-4-12(16)6-14/h3-6,10-11,17H,7-9H2,1-2H3. The number of rotatable bonds is 7. The number of nitrogens with one attached hydrogen (secondary N) is 1. The van der Waals surface area contributed by atoms with Crippen LogP contribution >= 0.6 is 22.9 Å². The van der Waals surface area contributed by atoms with E-state index in [4.69, 9.17) is 16.3 Å². The van der Waals surface area contributed by atoms with Gasteiger partial charge in [-0.15, -0.1) is 11.3 Å². The fraction of sp³-hybridized carbons (Fsp3) is 0.400. The van der Waals surface area contributed by atoms with Crippen molar-refractivity contribution in [2.75, 3.05) is 6.54 Å². The highest BCUT2D eigenvalue weighted by Gasteiger charge is 2.04. The molecule has 0 bridgehead atoms. The molecule has 0 saturated heterocycles. The third-order valence-electron chi connectivity index (χ3n) is 2.61. The normalized spacial score (nSPS) is 11.0. The summed E-state index contributed by atoms with van der Waals surface area (Å²) in [4.78, 5) is 4.54. The van der Waals surface area contributed by atoms with Gasteiger partial charge in [-0.2, -0.15) is 0 Å². The third kappa shape index (κ3) is 5.12. The monoisotopic (exact) mass is 310 g/mol. The summed E-state index contributed by atoms with van der Waals surface area (Å²) in [6, 6.07) is 7.40. The van der Waals surface area contributed by atoms with Crippen LogP contribution < -0.4 is 10.1 Å². The molecule has 2 aromatic rings. The zero-order valence-corrected chi connectivity index (χ0v) is 13.3. The summed E-state index contributed by atoms with van der Waals surface area (Å²) in [7, 11) is 0. The molecule has 0 radical (unpaired) electrons. The van der Waals surface area contributed by atoms with Crippen LogP contribution in [0, 0.1) is 5.92 Å². The number of thiazole rings is 1. The molecule has 0 aliphatic carbocycles. The molecule has 3 nitrogen and oxygen atoms in total. The third-order valence-corrected chi connectivity index (χ3v) is 3.74. The van der Waals surface area contributed by atoms with Gasteiger partial charge in [-0.3, -0.25) is 0 Å². The molecule has 1 aromatic heterocycles. The van der Waals surface area contributed by atoms with Gasteiger partial charge in [-0.05, 0) is 30.7 Å². The minimum Gasteiger partial charge on any atom is -0.487 e. The lowest BCUT2D eigenvalue weighted by Crippen LogP contribution is -2.18. The minimum atomic E-state index is 0.473. The van der Waals surface area contributed by atoms with Gasteiger partial charge in [0.05, 0.1) is 5.69 Å². The second-order valence-corrected chi connectivity index (χ2v) is 6.38. The van der Waals surface area contributed by atoms with Crippen molar-refractivity contribution in [2.45, 2.75) is 27.0 Å². The molecule has 0 fully saturated rings. The predicted octanol–water partition coefficient (Wildman–Crippen LogP) is 4.12. The summed E-state index contributed by atoms with van der Waals surface area (Å²) >= 11 is 7.57. The van der Waals surface area contributed by atoms with Crippen molar-refractivity contribution in [1.29, 1.82) is 0 Å². The molecule has 0 saturated carbocycles. The van der Waals surface area contributed by atoms with Crippen LogP contribution in [-0.2, 0) is 13.2 Å².